The van der Waals surface area contributed by atoms with E-state index in [0.717, 1.165) is 5.56 Å². The highest BCUT2D eigenvalue weighted by Crippen LogP contribution is 2.34. The van der Waals surface area contributed by atoms with Crippen molar-refractivity contribution in [3.63, 3.8) is 0 Å². The van der Waals surface area contributed by atoms with Gasteiger partial charge in [0.25, 0.3) is 11.8 Å². The van der Waals surface area contributed by atoms with Crippen LogP contribution in [-0.2, 0) is 20.7 Å². The third kappa shape index (κ3) is 4.54. The van der Waals surface area contributed by atoms with E-state index in [-0.39, 0.29) is 24.8 Å². The number of esters is 1. The summed E-state index contributed by atoms with van der Waals surface area (Å²) in [5.41, 5.74) is 0.720. The van der Waals surface area contributed by atoms with Crippen molar-refractivity contribution in [3.05, 3.63) is 83.6 Å². The lowest BCUT2D eigenvalue weighted by molar-refractivity contribution is -0.137. The lowest BCUT2D eigenvalue weighted by atomic mass is 9.88. The zero-order valence-electron chi connectivity index (χ0n) is 16.6. The van der Waals surface area contributed by atoms with E-state index in [1.165, 1.54) is 11.0 Å². The third-order valence-electron chi connectivity index (χ3n) is 4.94. The Kier molecular flexibility index (Phi) is 6.12. The fraction of sp³-hybridized carbons (Fsp3) is 0.261. The summed E-state index contributed by atoms with van der Waals surface area (Å²) in [7, 11) is 1.61. The molecule has 1 N–H and O–H groups in total. The van der Waals surface area contributed by atoms with Crippen LogP contribution in [0.4, 0.5) is 0 Å². The average molecular weight is 392 g/mol. The van der Waals surface area contributed by atoms with Gasteiger partial charge in [-0.15, -0.1) is 0 Å². The summed E-state index contributed by atoms with van der Waals surface area (Å²) in [5.74, 6) is -1.10. The molecule has 1 heterocycles. The van der Waals surface area contributed by atoms with E-state index in [1.54, 1.807) is 38.2 Å². The average Bonchev–Trinajstić information content (AvgIpc) is 2.94. The molecule has 0 radical (unpaired) electrons. The summed E-state index contributed by atoms with van der Waals surface area (Å²) < 4.78 is 4.98. The van der Waals surface area contributed by atoms with Gasteiger partial charge < -0.3 is 15.0 Å². The SMILES string of the molecule is CCOC(=O)/C=C1\C[C@](Cc2ccccc2)(NC(=O)c2ccccc2)C(=O)N1C. The Labute approximate surface area is 170 Å². The number of hydrogen-bond acceptors (Lipinski definition) is 4. The first-order chi connectivity index (χ1) is 13.9. The van der Waals surface area contributed by atoms with Crippen molar-refractivity contribution in [1.82, 2.24) is 10.2 Å². The molecule has 0 bridgehead atoms. The van der Waals surface area contributed by atoms with Gasteiger partial charge in [-0.1, -0.05) is 48.5 Å². The van der Waals surface area contributed by atoms with Crippen LogP contribution in [0, 0.1) is 0 Å². The Morgan fingerprint density at radius 3 is 2.34 bits per heavy atom. The highest BCUT2D eigenvalue weighted by atomic mass is 16.5. The summed E-state index contributed by atoms with van der Waals surface area (Å²) in [6.45, 7) is 1.97. The number of benzene rings is 2. The Bertz CT molecular complexity index is 924. The molecule has 29 heavy (non-hydrogen) atoms. The summed E-state index contributed by atoms with van der Waals surface area (Å²) >= 11 is 0. The van der Waals surface area contributed by atoms with E-state index in [1.807, 2.05) is 36.4 Å². The summed E-state index contributed by atoms with van der Waals surface area (Å²) in [4.78, 5) is 39.5. The van der Waals surface area contributed by atoms with Crippen molar-refractivity contribution >= 4 is 17.8 Å². The molecule has 1 fully saturated rings. The first-order valence-electron chi connectivity index (χ1n) is 9.52. The summed E-state index contributed by atoms with van der Waals surface area (Å²) in [6.07, 6.45) is 1.84. The predicted octanol–water partition coefficient (Wildman–Crippen LogP) is 2.71. The number of nitrogens with zero attached hydrogens (tertiary/aromatic N) is 1. The van der Waals surface area contributed by atoms with E-state index in [9.17, 15) is 14.4 Å². The minimum atomic E-state index is -1.18. The molecule has 6 nitrogen and oxygen atoms in total. The molecule has 150 valence electrons. The van der Waals surface area contributed by atoms with Gasteiger partial charge in [-0.25, -0.2) is 4.79 Å². The molecule has 3 rings (SSSR count). The molecule has 1 aliphatic heterocycles. The number of rotatable bonds is 6. The van der Waals surface area contributed by atoms with Crippen LogP contribution in [0.2, 0.25) is 0 Å². The largest absolute Gasteiger partial charge is 0.463 e. The number of amides is 2. The normalized spacial score (nSPS) is 20.0. The van der Waals surface area contributed by atoms with Crippen molar-refractivity contribution in [2.75, 3.05) is 13.7 Å². The summed E-state index contributed by atoms with van der Waals surface area (Å²) in [6, 6.07) is 18.3. The number of carbonyl (C=O) groups is 3. The number of hydrogen-bond donors (Lipinski definition) is 1. The lowest BCUT2D eigenvalue weighted by Gasteiger charge is -2.28. The van der Waals surface area contributed by atoms with Crippen molar-refractivity contribution in [2.24, 2.45) is 0 Å². The minimum absolute atomic E-state index is 0.203. The predicted molar refractivity (Wildman–Crippen MR) is 109 cm³/mol. The van der Waals surface area contributed by atoms with Gasteiger partial charge in [0.15, 0.2) is 0 Å². The van der Waals surface area contributed by atoms with Crippen LogP contribution in [0.1, 0.15) is 29.3 Å². The van der Waals surface area contributed by atoms with Gasteiger partial charge in [0, 0.05) is 37.2 Å². The van der Waals surface area contributed by atoms with E-state index < -0.39 is 11.5 Å². The van der Waals surface area contributed by atoms with E-state index in [0.29, 0.717) is 17.7 Å². The third-order valence-corrected chi connectivity index (χ3v) is 4.94. The minimum Gasteiger partial charge on any atom is -0.463 e. The molecule has 1 atom stereocenters. The summed E-state index contributed by atoms with van der Waals surface area (Å²) in [5, 5.41) is 2.95. The first kappa shape index (κ1) is 20.3. The molecule has 0 unspecified atom stereocenters. The highest BCUT2D eigenvalue weighted by Gasteiger charge is 2.49. The van der Waals surface area contributed by atoms with E-state index >= 15 is 0 Å². The number of likely N-dealkylation sites (N-methyl/N-ethyl adjacent to an activating group) is 1. The Morgan fingerprint density at radius 2 is 1.72 bits per heavy atom. The van der Waals surface area contributed by atoms with Crippen LogP contribution in [0.15, 0.2) is 72.4 Å². The highest BCUT2D eigenvalue weighted by molar-refractivity contribution is 6.01. The van der Waals surface area contributed by atoms with Crippen LogP contribution < -0.4 is 5.32 Å². The van der Waals surface area contributed by atoms with Gasteiger partial charge in [0.05, 0.1) is 6.61 Å². The smallest absolute Gasteiger partial charge is 0.332 e. The van der Waals surface area contributed by atoms with Crippen LogP contribution in [-0.4, -0.2) is 41.9 Å². The zero-order valence-corrected chi connectivity index (χ0v) is 16.6. The van der Waals surface area contributed by atoms with Gasteiger partial charge in [-0.2, -0.15) is 0 Å². The second kappa shape index (κ2) is 8.73. The van der Waals surface area contributed by atoms with Gasteiger partial charge >= 0.3 is 5.97 Å². The van der Waals surface area contributed by atoms with Crippen molar-refractivity contribution in [3.8, 4) is 0 Å². The van der Waals surface area contributed by atoms with Gasteiger partial charge in [0.1, 0.15) is 5.54 Å². The monoisotopic (exact) mass is 392 g/mol. The molecule has 0 spiro atoms. The molecule has 1 saturated heterocycles. The molecular formula is C23H24N2O4. The van der Waals surface area contributed by atoms with E-state index in [4.69, 9.17) is 4.74 Å². The fourth-order valence-electron chi connectivity index (χ4n) is 3.53. The van der Waals surface area contributed by atoms with Crippen LogP contribution in [0.25, 0.3) is 0 Å². The Balaban J connectivity index is 1.95. The molecule has 2 aromatic rings. The van der Waals surface area contributed by atoms with E-state index in [2.05, 4.69) is 5.32 Å². The van der Waals surface area contributed by atoms with Crippen LogP contribution >= 0.6 is 0 Å². The second-order valence-electron chi connectivity index (χ2n) is 6.99. The zero-order chi connectivity index (χ0) is 20.9. The molecule has 1 aliphatic rings. The van der Waals surface area contributed by atoms with Crippen molar-refractivity contribution in [1.29, 1.82) is 0 Å². The van der Waals surface area contributed by atoms with Crippen molar-refractivity contribution < 1.29 is 19.1 Å². The van der Waals surface area contributed by atoms with Crippen molar-refractivity contribution in [2.45, 2.75) is 25.3 Å². The number of carbonyl (C=O) groups excluding carboxylic acids is 3. The second-order valence-corrected chi connectivity index (χ2v) is 6.99. The first-order valence-corrected chi connectivity index (χ1v) is 9.52. The number of likely N-dealkylation sites (tertiary alicyclic amines) is 1. The van der Waals surface area contributed by atoms with Crippen LogP contribution in [0.5, 0.6) is 0 Å². The molecular weight excluding hydrogens is 368 g/mol. The molecule has 0 aromatic heterocycles. The van der Waals surface area contributed by atoms with Gasteiger partial charge in [-0.3, -0.25) is 9.59 Å². The lowest BCUT2D eigenvalue weighted by Crippen LogP contribution is -2.55. The molecule has 2 aromatic carbocycles. The maximum atomic E-state index is 13.3. The molecule has 6 heteroatoms. The topological polar surface area (TPSA) is 75.7 Å². The molecule has 0 aliphatic carbocycles. The number of ether oxygens (including phenoxy) is 1. The number of nitrogens with one attached hydrogen (secondary N) is 1. The molecule has 2 amide bonds. The standard InChI is InChI=1S/C23H24N2O4/c1-3-29-20(26)14-19-16-23(22(28)25(19)2,15-17-10-6-4-7-11-17)24-21(27)18-12-8-5-9-13-18/h4-14H,3,15-16H2,1-2H3,(H,24,27)/b19-14+/t23-/m0/s1. The quantitative estimate of drug-likeness (QED) is 0.606. The van der Waals surface area contributed by atoms with Crippen LogP contribution in [0.3, 0.4) is 0 Å². The maximum absolute atomic E-state index is 13.3. The molecule has 0 saturated carbocycles. The van der Waals surface area contributed by atoms with Gasteiger partial charge in [-0.05, 0) is 24.6 Å². The maximum Gasteiger partial charge on any atom is 0.332 e. The Morgan fingerprint density at radius 1 is 1.10 bits per heavy atom. The Hall–Kier alpha value is -3.41. The fourth-order valence-corrected chi connectivity index (χ4v) is 3.53. The van der Waals surface area contributed by atoms with Gasteiger partial charge in [0.2, 0.25) is 0 Å².